The summed E-state index contributed by atoms with van der Waals surface area (Å²) in [4.78, 5) is 24.1. The van der Waals surface area contributed by atoms with Crippen LogP contribution in [0.3, 0.4) is 0 Å². The average molecular weight is 759 g/mol. The first-order valence-corrected chi connectivity index (χ1v) is 21.4. The number of rotatable bonds is 23. The maximum absolute atomic E-state index is 12.1. The topological polar surface area (TPSA) is 102 Å². The molecule has 0 aliphatic heterocycles. The van der Waals surface area contributed by atoms with Gasteiger partial charge in [-0.25, -0.2) is 9.59 Å². The third kappa shape index (κ3) is 14.2. The smallest absolute Gasteiger partial charge is 0.333 e. The molecule has 2 N–H and O–H groups in total. The van der Waals surface area contributed by atoms with Crippen molar-refractivity contribution in [3.05, 3.63) is 77.4 Å². The van der Waals surface area contributed by atoms with E-state index in [9.17, 15) is 19.8 Å². The van der Waals surface area contributed by atoms with E-state index in [1.807, 2.05) is 0 Å². The number of esters is 2. The first kappa shape index (κ1) is 44.3. The zero-order chi connectivity index (χ0) is 39.6. The van der Waals surface area contributed by atoms with Gasteiger partial charge >= 0.3 is 11.9 Å². The quantitative estimate of drug-likeness (QED) is 0.0661. The number of hydrogen-bond acceptors (Lipinski definition) is 7. The summed E-state index contributed by atoms with van der Waals surface area (Å²) in [5.74, 6) is 3.12. The maximum atomic E-state index is 12.1. The zero-order valence-electron chi connectivity index (χ0n) is 34.3. The first-order valence-electron chi connectivity index (χ1n) is 21.4. The van der Waals surface area contributed by atoms with Crippen molar-refractivity contribution in [1.82, 2.24) is 0 Å². The number of aliphatic hydroxyl groups excluding tert-OH is 2. The van der Waals surface area contributed by atoms with Crippen LogP contribution in [-0.2, 0) is 31.9 Å². The predicted octanol–water partition coefficient (Wildman–Crippen LogP) is 10.5. The summed E-state index contributed by atoms with van der Waals surface area (Å²) in [6.45, 7) is 13.6. The van der Waals surface area contributed by atoms with E-state index in [0.717, 1.165) is 45.8 Å². The van der Waals surface area contributed by atoms with E-state index < -0.39 is 11.9 Å². The summed E-state index contributed by atoms with van der Waals surface area (Å²) in [6.07, 6.45) is 19.6. The van der Waals surface area contributed by atoms with Crippen LogP contribution in [0.5, 0.6) is 5.75 Å². The van der Waals surface area contributed by atoms with Crippen molar-refractivity contribution in [2.24, 2.45) is 23.7 Å². The lowest BCUT2D eigenvalue weighted by Gasteiger charge is -2.38. The van der Waals surface area contributed by atoms with E-state index >= 15 is 0 Å². The minimum atomic E-state index is -0.400. The molecule has 7 nitrogen and oxygen atoms in total. The number of ether oxygens (including phenoxy) is 3. The molecule has 304 valence electrons. The molecular formula is C48H70O7. The monoisotopic (exact) mass is 759 g/mol. The summed E-state index contributed by atoms with van der Waals surface area (Å²) >= 11 is 0. The van der Waals surface area contributed by atoms with Crippen LogP contribution in [0.15, 0.2) is 60.7 Å². The van der Waals surface area contributed by atoms with Gasteiger partial charge in [-0.15, -0.1) is 0 Å². The van der Waals surface area contributed by atoms with Crippen LogP contribution in [-0.4, -0.2) is 55.2 Å². The van der Waals surface area contributed by atoms with E-state index in [4.69, 9.17) is 14.2 Å². The number of carbonyl (C=O) groups is 2. The molecule has 0 atom stereocenters. The highest BCUT2D eigenvalue weighted by atomic mass is 16.5. The summed E-state index contributed by atoms with van der Waals surface area (Å²) < 4.78 is 17.3. The second-order valence-electron chi connectivity index (χ2n) is 16.5. The van der Waals surface area contributed by atoms with Crippen LogP contribution in [0.1, 0.15) is 140 Å². The standard InChI is InChI=1S/C48H70O7/c1-6-7-8-11-36-14-16-38(17-15-36)39-18-20-40(21-19-39)41-22-24-42(25-23-41)45-30-43(12-9-27-54-47(51)34(2)3)46(53-29-26-37(32-49)33-50)44(31-45)13-10-28-55-48(52)35(4)5/h22-25,30-31,36-40,49-50H,2,4,6-21,26-29,32-33H2,1,3,5H3. The zero-order valence-corrected chi connectivity index (χ0v) is 34.3. The fourth-order valence-corrected chi connectivity index (χ4v) is 8.65. The molecule has 2 fully saturated rings. The Hall–Kier alpha value is -3.42. The van der Waals surface area contributed by atoms with Crippen LogP contribution in [0.4, 0.5) is 0 Å². The molecule has 0 aromatic heterocycles. The predicted molar refractivity (Wildman–Crippen MR) is 222 cm³/mol. The van der Waals surface area contributed by atoms with Crippen molar-refractivity contribution in [3.8, 4) is 16.9 Å². The Balaban J connectivity index is 1.48. The van der Waals surface area contributed by atoms with Crippen molar-refractivity contribution in [2.75, 3.05) is 33.0 Å². The highest BCUT2D eigenvalue weighted by Gasteiger charge is 2.31. The third-order valence-corrected chi connectivity index (χ3v) is 12.1. The van der Waals surface area contributed by atoms with Crippen molar-refractivity contribution in [1.29, 1.82) is 0 Å². The molecule has 0 bridgehead atoms. The Bertz CT molecular complexity index is 1440. The van der Waals surface area contributed by atoms with Crippen molar-refractivity contribution >= 4 is 11.9 Å². The molecule has 2 aliphatic rings. The second kappa shape index (κ2) is 23.6. The van der Waals surface area contributed by atoms with Crippen molar-refractivity contribution in [3.63, 3.8) is 0 Å². The number of aryl methyl sites for hydroxylation is 2. The fraction of sp³-hybridized carbons (Fsp3) is 0.625. The molecule has 0 saturated heterocycles. The lowest BCUT2D eigenvalue weighted by molar-refractivity contribution is -0.139. The Kier molecular flexibility index (Phi) is 19.0. The summed E-state index contributed by atoms with van der Waals surface area (Å²) in [7, 11) is 0. The number of carbonyl (C=O) groups excluding carboxylic acids is 2. The highest BCUT2D eigenvalue weighted by molar-refractivity contribution is 5.87. The molecule has 2 saturated carbocycles. The normalized spacial score (nSPS) is 19.9. The van der Waals surface area contributed by atoms with Crippen LogP contribution in [0.2, 0.25) is 0 Å². The van der Waals surface area contributed by atoms with Crippen LogP contribution in [0, 0.1) is 23.7 Å². The maximum Gasteiger partial charge on any atom is 0.333 e. The van der Waals surface area contributed by atoms with E-state index in [0.29, 0.717) is 55.8 Å². The largest absolute Gasteiger partial charge is 0.493 e. The minimum absolute atomic E-state index is 0.113. The van der Waals surface area contributed by atoms with E-state index in [2.05, 4.69) is 56.5 Å². The first-order chi connectivity index (χ1) is 26.6. The van der Waals surface area contributed by atoms with Gasteiger partial charge in [-0.1, -0.05) is 82.9 Å². The second-order valence-corrected chi connectivity index (χ2v) is 16.5. The van der Waals surface area contributed by atoms with E-state index in [-0.39, 0.29) is 32.3 Å². The summed E-state index contributed by atoms with van der Waals surface area (Å²) in [5.41, 5.74) is 6.39. The Morgan fingerprint density at radius 3 is 1.73 bits per heavy atom. The number of aliphatic hydroxyl groups is 2. The minimum Gasteiger partial charge on any atom is -0.493 e. The number of hydrogen-bond donors (Lipinski definition) is 2. The Morgan fingerprint density at radius 1 is 0.709 bits per heavy atom. The SMILES string of the molecule is C=C(C)C(=O)OCCCc1cc(-c2ccc(C3CCC(C4CCC(CCCCC)CC4)CC3)cc2)cc(CCCOC(=O)C(=C)C)c1OCCC(CO)CO. The van der Waals surface area contributed by atoms with Crippen LogP contribution in [0.25, 0.3) is 11.1 Å². The Morgan fingerprint density at radius 2 is 1.24 bits per heavy atom. The molecule has 0 spiro atoms. The Labute approximate surface area is 331 Å². The molecule has 55 heavy (non-hydrogen) atoms. The summed E-state index contributed by atoms with van der Waals surface area (Å²) in [5, 5.41) is 19.3. The molecule has 0 amide bonds. The van der Waals surface area contributed by atoms with Gasteiger partial charge in [-0.05, 0) is 148 Å². The van der Waals surface area contributed by atoms with Gasteiger partial charge in [-0.2, -0.15) is 0 Å². The van der Waals surface area contributed by atoms with Gasteiger partial charge in [0.05, 0.1) is 19.8 Å². The van der Waals surface area contributed by atoms with Gasteiger partial charge in [0.2, 0.25) is 0 Å². The fourth-order valence-electron chi connectivity index (χ4n) is 8.65. The summed E-state index contributed by atoms with van der Waals surface area (Å²) in [6, 6.07) is 13.5. The number of benzene rings is 2. The molecule has 0 radical (unpaired) electrons. The molecular weight excluding hydrogens is 689 g/mol. The molecule has 0 unspecified atom stereocenters. The van der Waals surface area contributed by atoms with Crippen molar-refractivity contribution < 1.29 is 34.0 Å². The molecule has 0 heterocycles. The van der Waals surface area contributed by atoms with Gasteiger partial charge in [0.15, 0.2) is 0 Å². The third-order valence-electron chi connectivity index (χ3n) is 12.1. The van der Waals surface area contributed by atoms with E-state index in [1.165, 1.54) is 82.6 Å². The van der Waals surface area contributed by atoms with Crippen LogP contribution < -0.4 is 4.74 Å². The molecule has 2 aromatic carbocycles. The van der Waals surface area contributed by atoms with Crippen LogP contribution >= 0.6 is 0 Å². The van der Waals surface area contributed by atoms with Gasteiger partial charge in [0, 0.05) is 30.3 Å². The molecule has 2 aliphatic carbocycles. The van der Waals surface area contributed by atoms with E-state index in [1.54, 1.807) is 13.8 Å². The van der Waals surface area contributed by atoms with Gasteiger partial charge in [0.25, 0.3) is 0 Å². The molecule has 7 heteroatoms. The lowest BCUT2D eigenvalue weighted by Crippen LogP contribution is -2.25. The van der Waals surface area contributed by atoms with Gasteiger partial charge < -0.3 is 24.4 Å². The van der Waals surface area contributed by atoms with Crippen molar-refractivity contribution in [2.45, 2.75) is 136 Å². The molecule has 4 rings (SSSR count). The highest BCUT2D eigenvalue weighted by Crippen LogP contribution is 2.45. The number of unbranched alkanes of at least 4 members (excludes halogenated alkanes) is 2. The van der Waals surface area contributed by atoms with Gasteiger partial charge in [0.1, 0.15) is 5.75 Å². The van der Waals surface area contributed by atoms with Gasteiger partial charge in [-0.3, -0.25) is 0 Å². The average Bonchev–Trinajstić information content (AvgIpc) is 3.20. The lowest BCUT2D eigenvalue weighted by atomic mass is 9.68. The molecule has 2 aromatic rings.